The van der Waals surface area contributed by atoms with Gasteiger partial charge in [-0.25, -0.2) is 9.78 Å². The third-order valence-electron chi connectivity index (χ3n) is 11.8. The molecule has 3 N–H and O–H groups in total. The molecule has 3 unspecified atom stereocenters. The van der Waals surface area contributed by atoms with Crippen molar-refractivity contribution in [2.24, 2.45) is 17.8 Å². The summed E-state index contributed by atoms with van der Waals surface area (Å²) in [5, 5.41) is 16.2. The van der Waals surface area contributed by atoms with Crippen LogP contribution in [0.3, 0.4) is 0 Å². The van der Waals surface area contributed by atoms with Crippen molar-refractivity contribution in [2.45, 2.75) is 88.7 Å². The van der Waals surface area contributed by atoms with Crippen molar-refractivity contribution in [2.75, 3.05) is 0 Å². The largest absolute Gasteiger partial charge is 0.392 e. The van der Waals surface area contributed by atoms with Crippen LogP contribution in [0.2, 0.25) is 0 Å². The lowest BCUT2D eigenvalue weighted by molar-refractivity contribution is -0.252. The molecule has 2 amide bonds. The van der Waals surface area contributed by atoms with E-state index in [0.29, 0.717) is 19.5 Å². The Morgan fingerprint density at radius 3 is 2.27 bits per heavy atom. The zero-order valence-electron chi connectivity index (χ0n) is 28.9. The number of aliphatic hydroxyl groups excluding tert-OH is 1. The zero-order valence-corrected chi connectivity index (χ0v) is 28.9. The van der Waals surface area contributed by atoms with E-state index in [9.17, 15) is 9.90 Å². The molecule has 5 fully saturated rings. The highest BCUT2D eigenvalue weighted by Gasteiger charge is 2.51. The Hall–Kier alpha value is -4.50. The van der Waals surface area contributed by atoms with E-state index in [0.717, 1.165) is 81.4 Å². The number of fused-ring (bicyclic) bond motifs is 1. The summed E-state index contributed by atoms with van der Waals surface area (Å²) in [5.74, 6) is 2.38. The standard InChI is InChI=1S/C43H46N4O4/c48-26-28-11-13-33(14-12-28)40-20-37(25-47-27-45-38-9-1-2-10-39(38)47)50-41(51-40)36-8-4-7-35(19-36)34-6-3-5-29(18-34)24-44-42(49)46-43-21-30-15-31(22-43)17-32(16-30)23-43/h1-14,18-19,27,30-32,37,40-41,48H,15-17,20-26H2,(H2,44,46,49). The normalized spacial score (nSPS) is 28.2. The molecule has 1 aliphatic heterocycles. The lowest BCUT2D eigenvalue weighted by Gasteiger charge is -2.56. The highest BCUT2D eigenvalue weighted by atomic mass is 16.7. The van der Waals surface area contributed by atoms with Crippen LogP contribution in [-0.4, -0.2) is 32.3 Å². The molecule has 0 radical (unpaired) electrons. The average molecular weight is 683 g/mol. The first-order valence-electron chi connectivity index (χ1n) is 18.6. The van der Waals surface area contributed by atoms with Crippen molar-refractivity contribution in [3.63, 3.8) is 0 Å². The second-order valence-electron chi connectivity index (χ2n) is 15.6. The molecular formula is C43H46N4O4. The Balaban J connectivity index is 0.911. The van der Waals surface area contributed by atoms with E-state index in [1.807, 2.05) is 48.8 Å². The lowest BCUT2D eigenvalue weighted by Crippen LogP contribution is -2.61. The van der Waals surface area contributed by atoms with Crippen LogP contribution < -0.4 is 10.6 Å². The molecule has 4 bridgehead atoms. The number of carbonyl (C=O) groups is 1. The molecule has 262 valence electrons. The van der Waals surface area contributed by atoms with Crippen molar-refractivity contribution in [3.05, 3.63) is 126 Å². The number of aliphatic hydroxyl groups is 1. The Labute approximate surface area is 299 Å². The minimum Gasteiger partial charge on any atom is -0.392 e. The smallest absolute Gasteiger partial charge is 0.315 e. The third kappa shape index (κ3) is 6.80. The Bertz CT molecular complexity index is 1990. The van der Waals surface area contributed by atoms with Crippen LogP contribution in [0, 0.1) is 17.8 Å². The minimum absolute atomic E-state index is 0.00215. The number of ether oxygens (including phenoxy) is 2. The fourth-order valence-corrected chi connectivity index (χ4v) is 9.86. The van der Waals surface area contributed by atoms with Crippen LogP contribution in [0.1, 0.15) is 79.6 Å². The van der Waals surface area contributed by atoms with Crippen LogP contribution in [0.5, 0.6) is 0 Å². The first-order chi connectivity index (χ1) is 25.0. The first-order valence-corrected chi connectivity index (χ1v) is 18.6. The van der Waals surface area contributed by atoms with Crippen LogP contribution in [0.15, 0.2) is 103 Å². The fourth-order valence-electron chi connectivity index (χ4n) is 9.86. The van der Waals surface area contributed by atoms with Crippen molar-refractivity contribution < 1.29 is 19.4 Å². The molecule has 5 aromatic rings. The number of rotatable bonds is 9. The van der Waals surface area contributed by atoms with E-state index in [-0.39, 0.29) is 30.4 Å². The van der Waals surface area contributed by atoms with Crippen LogP contribution in [-0.2, 0) is 29.2 Å². The van der Waals surface area contributed by atoms with E-state index in [1.54, 1.807) is 0 Å². The molecule has 0 spiro atoms. The second kappa shape index (κ2) is 13.6. The van der Waals surface area contributed by atoms with E-state index in [4.69, 9.17) is 9.47 Å². The fraction of sp³-hybridized carbons (Fsp3) is 0.395. The summed E-state index contributed by atoms with van der Waals surface area (Å²) in [4.78, 5) is 17.8. The topological polar surface area (TPSA) is 97.6 Å². The number of imidazole rings is 1. The SMILES string of the molecule is O=C(NCc1cccc(-c2cccc(C3OC(Cn4cnc5ccccc54)CC(c4ccc(CO)cc4)O3)c2)c1)NC12CC3CC(CC(C3)C1)C2. The Morgan fingerprint density at radius 1 is 0.784 bits per heavy atom. The number of para-hydroxylation sites is 2. The number of aromatic nitrogens is 2. The number of amides is 2. The predicted octanol–water partition coefficient (Wildman–Crippen LogP) is 8.21. The van der Waals surface area contributed by atoms with E-state index in [2.05, 4.69) is 74.8 Å². The van der Waals surface area contributed by atoms with Gasteiger partial charge in [0.1, 0.15) is 0 Å². The molecule has 5 aliphatic rings. The summed E-state index contributed by atoms with van der Waals surface area (Å²) >= 11 is 0. The number of hydrogen-bond acceptors (Lipinski definition) is 5. The summed E-state index contributed by atoms with van der Waals surface area (Å²) in [5.41, 5.74) is 8.11. The molecule has 4 saturated carbocycles. The summed E-state index contributed by atoms with van der Waals surface area (Å²) in [6, 6.07) is 32.9. The molecule has 2 heterocycles. The number of urea groups is 1. The summed E-state index contributed by atoms with van der Waals surface area (Å²) in [6.45, 7) is 1.13. The van der Waals surface area contributed by atoms with Gasteiger partial charge in [-0.3, -0.25) is 0 Å². The number of nitrogens with zero attached hydrogens (tertiary/aromatic N) is 2. The molecule has 8 nitrogen and oxygen atoms in total. The maximum Gasteiger partial charge on any atom is 0.315 e. The quantitative estimate of drug-likeness (QED) is 0.146. The van der Waals surface area contributed by atoms with Crippen LogP contribution in [0.4, 0.5) is 4.79 Å². The van der Waals surface area contributed by atoms with Gasteiger partial charge in [0, 0.05) is 24.1 Å². The van der Waals surface area contributed by atoms with Gasteiger partial charge in [0.2, 0.25) is 0 Å². The number of carbonyl (C=O) groups excluding carboxylic acids is 1. The second-order valence-corrected chi connectivity index (χ2v) is 15.6. The molecule has 3 atom stereocenters. The van der Waals surface area contributed by atoms with Gasteiger partial charge in [-0.15, -0.1) is 0 Å². The van der Waals surface area contributed by atoms with Crippen molar-refractivity contribution in [1.82, 2.24) is 20.2 Å². The van der Waals surface area contributed by atoms with Gasteiger partial charge in [0.25, 0.3) is 0 Å². The molecule has 10 rings (SSSR count). The summed E-state index contributed by atoms with van der Waals surface area (Å²) in [6.07, 6.45) is 9.21. The van der Waals surface area contributed by atoms with Gasteiger partial charge >= 0.3 is 6.03 Å². The zero-order chi connectivity index (χ0) is 34.4. The van der Waals surface area contributed by atoms with Crippen molar-refractivity contribution in [1.29, 1.82) is 0 Å². The maximum atomic E-state index is 13.2. The highest BCUT2D eigenvalue weighted by molar-refractivity contribution is 5.75. The van der Waals surface area contributed by atoms with Gasteiger partial charge in [-0.1, -0.05) is 72.8 Å². The maximum absolute atomic E-state index is 13.2. The van der Waals surface area contributed by atoms with Gasteiger partial charge in [0.05, 0.1) is 42.7 Å². The monoisotopic (exact) mass is 682 g/mol. The molecule has 1 aromatic heterocycles. The van der Waals surface area contributed by atoms with E-state index in [1.165, 1.54) is 19.3 Å². The average Bonchev–Trinajstić information content (AvgIpc) is 3.56. The van der Waals surface area contributed by atoms with Gasteiger partial charge < -0.3 is 29.8 Å². The Kier molecular flexibility index (Phi) is 8.62. The first kappa shape index (κ1) is 32.4. The van der Waals surface area contributed by atoms with Crippen LogP contribution in [0.25, 0.3) is 22.2 Å². The molecule has 8 heteroatoms. The third-order valence-corrected chi connectivity index (χ3v) is 11.8. The minimum atomic E-state index is -0.570. The lowest BCUT2D eigenvalue weighted by atomic mass is 9.53. The van der Waals surface area contributed by atoms with Crippen molar-refractivity contribution >= 4 is 17.1 Å². The molecule has 4 aromatic carbocycles. The molecule has 1 saturated heterocycles. The van der Waals surface area contributed by atoms with Gasteiger partial charge in [-0.2, -0.15) is 0 Å². The Morgan fingerprint density at radius 2 is 1.51 bits per heavy atom. The molecule has 4 aliphatic carbocycles. The highest BCUT2D eigenvalue weighted by Crippen LogP contribution is 2.55. The molecule has 51 heavy (non-hydrogen) atoms. The van der Waals surface area contributed by atoms with E-state index < -0.39 is 6.29 Å². The number of benzene rings is 4. The van der Waals surface area contributed by atoms with Gasteiger partial charge in [0.15, 0.2) is 6.29 Å². The van der Waals surface area contributed by atoms with E-state index >= 15 is 0 Å². The number of hydrogen-bond donors (Lipinski definition) is 3. The summed E-state index contributed by atoms with van der Waals surface area (Å²) in [7, 11) is 0. The number of nitrogens with one attached hydrogen (secondary N) is 2. The van der Waals surface area contributed by atoms with Crippen molar-refractivity contribution in [3.8, 4) is 11.1 Å². The predicted molar refractivity (Wildman–Crippen MR) is 196 cm³/mol. The van der Waals surface area contributed by atoms with Gasteiger partial charge in [-0.05, 0) is 108 Å². The van der Waals surface area contributed by atoms with Crippen LogP contribution >= 0.6 is 0 Å². The molecular weight excluding hydrogens is 636 g/mol. The summed E-state index contributed by atoms with van der Waals surface area (Å²) < 4.78 is 15.5.